The fourth-order valence-corrected chi connectivity index (χ4v) is 7.48. The smallest absolute Gasteiger partial charge is 0.338 e. The molecular weight excluding hydrogens is 643 g/mol. The predicted molar refractivity (Wildman–Crippen MR) is 147 cm³/mol. The summed E-state index contributed by atoms with van der Waals surface area (Å²) < 4.78 is 73.7. The Bertz CT molecular complexity index is 1740. The molecule has 41 heavy (non-hydrogen) atoms. The SMILES string of the molecule is CC1=C2C(=C[C@@](C)(COS(=O)(=O)c3ccc(Br)cc3)[C@@H]2OC(=O)c2ccc(S(=O)(=O)F)cc2)C(=O)[C@](C)(O)C12CC2. The maximum absolute atomic E-state index is 13.6. The molecule has 0 saturated heterocycles. The molecule has 0 unspecified atom stereocenters. The van der Waals surface area contributed by atoms with Gasteiger partial charge in [0.05, 0.1) is 27.4 Å². The molecule has 0 bridgehead atoms. The Morgan fingerprint density at radius 1 is 1.02 bits per heavy atom. The molecule has 5 rings (SSSR count). The lowest BCUT2D eigenvalue weighted by molar-refractivity contribution is -0.138. The molecule has 1 N–H and O–H groups in total. The lowest BCUT2D eigenvalue weighted by Gasteiger charge is -2.40. The maximum Gasteiger partial charge on any atom is 0.338 e. The zero-order valence-electron chi connectivity index (χ0n) is 22.2. The van der Waals surface area contributed by atoms with Gasteiger partial charge < -0.3 is 9.84 Å². The summed E-state index contributed by atoms with van der Waals surface area (Å²) in [4.78, 5) is 26.1. The second-order valence-electron chi connectivity index (χ2n) is 11.0. The number of carbonyl (C=O) groups excluding carboxylic acids is 2. The number of carbonyl (C=O) groups is 2. The van der Waals surface area contributed by atoms with Crippen molar-refractivity contribution < 1.29 is 44.3 Å². The number of fused-ring (bicyclic) bond motifs is 1. The zero-order valence-corrected chi connectivity index (χ0v) is 25.4. The standard InChI is InChI=1S/C28H26BrFO9S2/c1-16-22-21(23(31)27(3,33)28(16)12-13-28)14-26(2,15-38-41(36,37)20-10-6-18(29)7-11-20)24(22)39-25(32)17-4-8-19(9-5-17)40(30,34)35/h4-11,14,24,33H,12-13,15H2,1-3H3/t24-,26+,27+/m1/s1. The number of aliphatic hydroxyl groups is 1. The summed E-state index contributed by atoms with van der Waals surface area (Å²) in [5, 5.41) is 11.2. The van der Waals surface area contributed by atoms with Gasteiger partial charge in [-0.05, 0) is 82.1 Å². The Kier molecular flexibility index (Phi) is 7.02. The Morgan fingerprint density at radius 2 is 1.59 bits per heavy atom. The van der Waals surface area contributed by atoms with E-state index in [1.54, 1.807) is 13.8 Å². The highest BCUT2D eigenvalue weighted by Crippen LogP contribution is 2.66. The average molecular weight is 670 g/mol. The van der Waals surface area contributed by atoms with Gasteiger partial charge in [-0.15, -0.1) is 3.89 Å². The summed E-state index contributed by atoms with van der Waals surface area (Å²) in [6.07, 6.45) is 1.37. The van der Waals surface area contributed by atoms with Crippen LogP contribution in [0.1, 0.15) is 44.0 Å². The van der Waals surface area contributed by atoms with Gasteiger partial charge in [0.1, 0.15) is 11.7 Å². The fourth-order valence-electron chi connectivity index (χ4n) is 5.74. The lowest BCUT2D eigenvalue weighted by Crippen LogP contribution is -2.50. The van der Waals surface area contributed by atoms with E-state index >= 15 is 0 Å². The molecular formula is C28H26BrFO9S2. The topological polar surface area (TPSA) is 141 Å². The minimum atomic E-state index is -4.98. The van der Waals surface area contributed by atoms with Crippen LogP contribution in [-0.2, 0) is 34.1 Å². The first-order valence-corrected chi connectivity index (χ1v) is 16.1. The Hall–Kier alpha value is -2.71. The number of benzene rings is 2. The quantitative estimate of drug-likeness (QED) is 0.258. The van der Waals surface area contributed by atoms with Crippen molar-refractivity contribution in [3.05, 3.63) is 81.4 Å². The van der Waals surface area contributed by atoms with E-state index in [9.17, 15) is 35.4 Å². The number of rotatable bonds is 7. The summed E-state index contributed by atoms with van der Waals surface area (Å²) in [7, 11) is -9.24. The molecule has 13 heteroatoms. The molecule has 0 aromatic heterocycles. The van der Waals surface area contributed by atoms with Crippen LogP contribution in [-0.4, -0.2) is 52.0 Å². The minimum absolute atomic E-state index is 0.0925. The van der Waals surface area contributed by atoms with Crippen molar-refractivity contribution in [2.75, 3.05) is 6.61 Å². The van der Waals surface area contributed by atoms with Gasteiger partial charge in [0.25, 0.3) is 10.1 Å². The lowest BCUT2D eigenvalue weighted by atomic mass is 9.67. The predicted octanol–water partition coefficient (Wildman–Crippen LogP) is 4.41. The van der Waals surface area contributed by atoms with E-state index in [2.05, 4.69) is 15.9 Å². The summed E-state index contributed by atoms with van der Waals surface area (Å²) in [5.41, 5.74) is -2.84. The van der Waals surface area contributed by atoms with Crippen LogP contribution >= 0.6 is 15.9 Å². The van der Waals surface area contributed by atoms with Crippen LogP contribution in [0.3, 0.4) is 0 Å². The van der Waals surface area contributed by atoms with E-state index < -0.39 is 66.1 Å². The van der Waals surface area contributed by atoms with E-state index in [0.717, 1.165) is 24.3 Å². The number of hydrogen-bond acceptors (Lipinski definition) is 9. The van der Waals surface area contributed by atoms with Crippen molar-refractivity contribution >= 4 is 48.0 Å². The first kappa shape index (κ1) is 29.8. The van der Waals surface area contributed by atoms with E-state index in [1.165, 1.54) is 37.3 Å². The molecule has 0 amide bonds. The molecule has 2 aromatic rings. The molecule has 3 atom stereocenters. The van der Waals surface area contributed by atoms with Crippen LogP contribution in [0.2, 0.25) is 0 Å². The molecule has 218 valence electrons. The summed E-state index contributed by atoms with van der Waals surface area (Å²) in [5.74, 6) is -1.47. The number of ether oxygens (including phenoxy) is 1. The molecule has 0 aliphatic heterocycles. The van der Waals surface area contributed by atoms with Crippen molar-refractivity contribution in [2.45, 2.75) is 55.1 Å². The Balaban J connectivity index is 1.53. The highest BCUT2D eigenvalue weighted by Gasteiger charge is 2.67. The van der Waals surface area contributed by atoms with Gasteiger partial charge in [0, 0.05) is 21.0 Å². The number of hydrogen-bond donors (Lipinski definition) is 1. The van der Waals surface area contributed by atoms with Crippen molar-refractivity contribution in [2.24, 2.45) is 10.8 Å². The van der Waals surface area contributed by atoms with Gasteiger partial charge in [0.15, 0.2) is 5.78 Å². The van der Waals surface area contributed by atoms with Gasteiger partial charge in [-0.25, -0.2) is 4.79 Å². The third-order valence-corrected chi connectivity index (χ3v) is 11.0. The number of halogens is 2. The van der Waals surface area contributed by atoms with E-state index in [-0.39, 0.29) is 16.0 Å². The third kappa shape index (κ3) is 4.91. The van der Waals surface area contributed by atoms with Gasteiger partial charge >= 0.3 is 16.2 Å². The summed E-state index contributed by atoms with van der Waals surface area (Å²) in [6.45, 7) is 4.28. The van der Waals surface area contributed by atoms with Gasteiger partial charge in [0.2, 0.25) is 0 Å². The van der Waals surface area contributed by atoms with Gasteiger partial charge in [-0.2, -0.15) is 16.8 Å². The zero-order chi connectivity index (χ0) is 30.2. The van der Waals surface area contributed by atoms with Gasteiger partial charge in [-0.1, -0.05) is 27.6 Å². The fraction of sp³-hybridized carbons (Fsp3) is 0.357. The second-order valence-corrected chi connectivity index (χ2v) is 14.9. The maximum atomic E-state index is 13.6. The van der Waals surface area contributed by atoms with Crippen LogP contribution < -0.4 is 0 Å². The number of Topliss-reactive ketones (excluding diaryl/α,β-unsaturated/α-hetero) is 1. The van der Waals surface area contributed by atoms with Crippen LogP contribution in [0.5, 0.6) is 0 Å². The van der Waals surface area contributed by atoms with E-state index in [4.69, 9.17) is 8.92 Å². The monoisotopic (exact) mass is 668 g/mol. The van der Waals surface area contributed by atoms with Crippen LogP contribution in [0.4, 0.5) is 3.89 Å². The third-order valence-electron chi connectivity index (χ3n) is 8.34. The molecule has 0 heterocycles. The second kappa shape index (κ2) is 9.66. The molecule has 2 aromatic carbocycles. The molecule has 1 saturated carbocycles. The van der Waals surface area contributed by atoms with Crippen molar-refractivity contribution in [3.63, 3.8) is 0 Å². The van der Waals surface area contributed by atoms with Crippen molar-refractivity contribution in [1.29, 1.82) is 0 Å². The van der Waals surface area contributed by atoms with Crippen molar-refractivity contribution in [3.8, 4) is 0 Å². The average Bonchev–Trinajstić information content (AvgIpc) is 3.67. The Morgan fingerprint density at radius 3 is 2.12 bits per heavy atom. The number of esters is 1. The minimum Gasteiger partial charge on any atom is -0.453 e. The molecule has 1 spiro atoms. The first-order valence-electron chi connectivity index (χ1n) is 12.6. The highest BCUT2D eigenvalue weighted by molar-refractivity contribution is 9.10. The molecule has 9 nitrogen and oxygen atoms in total. The normalized spacial score (nSPS) is 27.0. The molecule has 1 fully saturated rings. The van der Waals surface area contributed by atoms with E-state index in [1.807, 2.05) is 0 Å². The van der Waals surface area contributed by atoms with Crippen LogP contribution in [0, 0.1) is 10.8 Å². The molecule has 3 aliphatic carbocycles. The largest absolute Gasteiger partial charge is 0.453 e. The van der Waals surface area contributed by atoms with Crippen molar-refractivity contribution in [1.82, 2.24) is 0 Å². The van der Waals surface area contributed by atoms with Crippen LogP contribution in [0.15, 0.2) is 85.6 Å². The van der Waals surface area contributed by atoms with Gasteiger partial charge in [-0.3, -0.25) is 8.98 Å². The summed E-state index contributed by atoms with van der Waals surface area (Å²) >= 11 is 3.25. The summed E-state index contributed by atoms with van der Waals surface area (Å²) in [6, 6.07) is 9.81. The highest BCUT2D eigenvalue weighted by atomic mass is 79.9. The molecule has 0 radical (unpaired) electrons. The number of ketones is 1. The van der Waals surface area contributed by atoms with E-state index in [0.29, 0.717) is 28.5 Å². The Labute approximate surface area is 245 Å². The first-order chi connectivity index (χ1) is 18.9. The van der Waals surface area contributed by atoms with Crippen LogP contribution in [0.25, 0.3) is 0 Å². The molecule has 3 aliphatic rings.